The molecule has 1 atom stereocenters. The van der Waals surface area contributed by atoms with E-state index in [1.807, 2.05) is 12.1 Å². The second-order valence-corrected chi connectivity index (χ2v) is 6.48. The van der Waals surface area contributed by atoms with E-state index in [2.05, 4.69) is 15.5 Å². The maximum atomic E-state index is 12.1. The first kappa shape index (κ1) is 17.8. The molecule has 1 aromatic carbocycles. The van der Waals surface area contributed by atoms with E-state index in [0.717, 1.165) is 18.4 Å². The monoisotopic (exact) mass is 364 g/mol. The molecule has 3 N–H and O–H groups in total. The molecular weight excluding hydrogens is 344 g/mol. The Morgan fingerprint density at radius 1 is 1.40 bits per heavy atom. The fourth-order valence-corrected chi connectivity index (χ4v) is 2.99. The van der Waals surface area contributed by atoms with E-state index in [-0.39, 0.29) is 11.8 Å². The maximum absolute atomic E-state index is 12.1. The van der Waals surface area contributed by atoms with Gasteiger partial charge in [-0.3, -0.25) is 4.79 Å². The number of nitrogens with two attached hydrogens (primary N) is 1. The van der Waals surface area contributed by atoms with Crippen LogP contribution in [0.25, 0.3) is 11.4 Å². The Labute approximate surface area is 150 Å². The number of amides is 1. The van der Waals surface area contributed by atoms with Gasteiger partial charge in [-0.25, -0.2) is 0 Å². The number of rotatable bonds is 6. The van der Waals surface area contributed by atoms with Crippen molar-refractivity contribution >= 4 is 17.5 Å². The molecule has 0 radical (unpaired) electrons. The third kappa shape index (κ3) is 4.78. The molecule has 1 unspecified atom stereocenters. The van der Waals surface area contributed by atoms with Crippen LogP contribution in [0.5, 0.6) is 0 Å². The normalized spacial score (nSPS) is 16.6. The van der Waals surface area contributed by atoms with Crippen LogP contribution in [0.2, 0.25) is 5.02 Å². The molecule has 0 spiro atoms. The average molecular weight is 365 g/mol. The van der Waals surface area contributed by atoms with Crippen LogP contribution in [0, 0.1) is 5.92 Å². The largest absolute Gasteiger partial charge is 0.381 e. The highest BCUT2D eigenvalue weighted by molar-refractivity contribution is 6.30. The summed E-state index contributed by atoms with van der Waals surface area (Å²) in [7, 11) is 0. The van der Waals surface area contributed by atoms with Gasteiger partial charge in [0.1, 0.15) is 0 Å². The predicted octanol–water partition coefficient (Wildman–Crippen LogP) is 1.80. The average Bonchev–Trinajstić information content (AvgIpc) is 3.11. The van der Waals surface area contributed by atoms with Crippen molar-refractivity contribution in [3.8, 4) is 11.4 Å². The molecule has 1 aliphatic rings. The minimum absolute atomic E-state index is 0.151. The van der Waals surface area contributed by atoms with Crippen molar-refractivity contribution in [2.45, 2.75) is 25.3 Å². The third-order valence-corrected chi connectivity index (χ3v) is 4.50. The minimum atomic E-state index is -0.506. The van der Waals surface area contributed by atoms with E-state index in [1.54, 1.807) is 12.1 Å². The topological polar surface area (TPSA) is 103 Å². The fourth-order valence-electron chi connectivity index (χ4n) is 2.80. The van der Waals surface area contributed by atoms with E-state index in [9.17, 15) is 4.79 Å². The Bertz CT molecular complexity index is 715. The maximum Gasteiger partial charge on any atom is 0.237 e. The van der Waals surface area contributed by atoms with Gasteiger partial charge in [0.25, 0.3) is 0 Å². The van der Waals surface area contributed by atoms with Crippen molar-refractivity contribution in [3.05, 3.63) is 35.2 Å². The number of halogens is 1. The summed E-state index contributed by atoms with van der Waals surface area (Å²) >= 11 is 5.96. The number of carbonyl (C=O) groups excluding carboxylic acids is 1. The first-order chi connectivity index (χ1) is 12.1. The van der Waals surface area contributed by atoms with E-state index in [0.29, 0.717) is 42.9 Å². The van der Waals surface area contributed by atoms with E-state index < -0.39 is 6.04 Å². The van der Waals surface area contributed by atoms with Crippen LogP contribution in [0.1, 0.15) is 18.7 Å². The highest BCUT2D eigenvalue weighted by Gasteiger charge is 2.26. The molecule has 3 rings (SSSR count). The first-order valence-electron chi connectivity index (χ1n) is 8.33. The Balaban J connectivity index is 1.48. The van der Waals surface area contributed by atoms with Crippen LogP contribution in [0.3, 0.4) is 0 Å². The summed E-state index contributed by atoms with van der Waals surface area (Å²) in [4.78, 5) is 16.5. The van der Waals surface area contributed by atoms with Gasteiger partial charge in [0.15, 0.2) is 0 Å². The summed E-state index contributed by atoms with van der Waals surface area (Å²) in [6.07, 6.45) is 2.09. The number of benzene rings is 1. The van der Waals surface area contributed by atoms with Crippen LogP contribution >= 0.6 is 11.6 Å². The van der Waals surface area contributed by atoms with Crippen LogP contribution < -0.4 is 11.1 Å². The van der Waals surface area contributed by atoms with Crippen molar-refractivity contribution in [3.63, 3.8) is 0 Å². The van der Waals surface area contributed by atoms with Crippen molar-refractivity contribution in [2.75, 3.05) is 19.8 Å². The number of aromatic nitrogens is 2. The molecular formula is C17H21ClN4O3. The molecule has 0 aliphatic carbocycles. The number of carbonyl (C=O) groups is 1. The summed E-state index contributed by atoms with van der Waals surface area (Å²) in [5, 5.41) is 7.38. The van der Waals surface area contributed by atoms with Crippen molar-refractivity contribution in [1.29, 1.82) is 0 Å². The molecule has 134 valence electrons. The van der Waals surface area contributed by atoms with Gasteiger partial charge < -0.3 is 20.3 Å². The predicted molar refractivity (Wildman–Crippen MR) is 93.0 cm³/mol. The lowest BCUT2D eigenvalue weighted by atomic mass is 9.92. The molecule has 25 heavy (non-hydrogen) atoms. The van der Waals surface area contributed by atoms with Gasteiger partial charge in [-0.05, 0) is 30.9 Å². The van der Waals surface area contributed by atoms with Crippen LogP contribution in [0.15, 0.2) is 28.8 Å². The zero-order valence-electron chi connectivity index (χ0n) is 13.8. The van der Waals surface area contributed by atoms with E-state index in [1.165, 1.54) is 0 Å². The lowest BCUT2D eigenvalue weighted by Gasteiger charge is -2.26. The highest BCUT2D eigenvalue weighted by atomic mass is 35.5. The van der Waals surface area contributed by atoms with Gasteiger partial charge >= 0.3 is 0 Å². The third-order valence-electron chi connectivity index (χ3n) is 4.27. The molecule has 7 nitrogen and oxygen atoms in total. The van der Waals surface area contributed by atoms with Crippen LogP contribution in [-0.2, 0) is 16.0 Å². The SMILES string of the molecule is NC(C(=O)NCCc1nc(-c2cccc(Cl)c2)no1)C1CCOCC1. The zero-order chi connectivity index (χ0) is 17.6. The molecule has 2 aromatic rings. The Morgan fingerprint density at radius 2 is 2.20 bits per heavy atom. The Kier molecular flexibility index (Phi) is 6.01. The molecule has 2 heterocycles. The molecule has 1 fully saturated rings. The summed E-state index contributed by atoms with van der Waals surface area (Å²) in [6.45, 7) is 1.73. The summed E-state index contributed by atoms with van der Waals surface area (Å²) in [5.74, 6) is 0.950. The fraction of sp³-hybridized carbons (Fsp3) is 0.471. The number of hydrogen-bond acceptors (Lipinski definition) is 6. The molecule has 0 saturated carbocycles. The lowest BCUT2D eigenvalue weighted by Crippen LogP contribution is -2.47. The van der Waals surface area contributed by atoms with Crippen molar-refractivity contribution in [2.24, 2.45) is 11.7 Å². The summed E-state index contributed by atoms with van der Waals surface area (Å²) < 4.78 is 10.5. The number of hydrogen-bond donors (Lipinski definition) is 2. The molecule has 1 aromatic heterocycles. The molecule has 8 heteroatoms. The minimum Gasteiger partial charge on any atom is -0.381 e. The molecule has 1 aliphatic heterocycles. The van der Waals surface area contributed by atoms with Gasteiger partial charge in [0, 0.05) is 36.8 Å². The number of nitrogens with one attached hydrogen (secondary N) is 1. The Morgan fingerprint density at radius 3 is 2.96 bits per heavy atom. The molecule has 1 saturated heterocycles. The van der Waals surface area contributed by atoms with Crippen LogP contribution in [0.4, 0.5) is 0 Å². The number of nitrogens with zero attached hydrogens (tertiary/aromatic N) is 2. The van der Waals surface area contributed by atoms with Gasteiger partial charge in [-0.15, -0.1) is 0 Å². The van der Waals surface area contributed by atoms with Gasteiger partial charge in [-0.1, -0.05) is 28.9 Å². The van der Waals surface area contributed by atoms with Gasteiger partial charge in [0.05, 0.1) is 6.04 Å². The van der Waals surface area contributed by atoms with E-state index in [4.69, 9.17) is 26.6 Å². The Hall–Kier alpha value is -1.96. The summed E-state index contributed by atoms with van der Waals surface area (Å²) in [6, 6.07) is 6.73. The second kappa shape index (κ2) is 8.42. The van der Waals surface area contributed by atoms with Crippen molar-refractivity contribution in [1.82, 2.24) is 15.5 Å². The van der Waals surface area contributed by atoms with Gasteiger partial charge in [0.2, 0.25) is 17.6 Å². The second-order valence-electron chi connectivity index (χ2n) is 6.04. The zero-order valence-corrected chi connectivity index (χ0v) is 14.5. The highest BCUT2D eigenvalue weighted by Crippen LogP contribution is 2.20. The van der Waals surface area contributed by atoms with Crippen LogP contribution in [-0.4, -0.2) is 41.8 Å². The van der Waals surface area contributed by atoms with Crippen molar-refractivity contribution < 1.29 is 14.1 Å². The molecule has 1 amide bonds. The quantitative estimate of drug-likeness (QED) is 0.810. The van der Waals surface area contributed by atoms with Gasteiger partial charge in [-0.2, -0.15) is 4.98 Å². The molecule has 0 bridgehead atoms. The van der Waals surface area contributed by atoms with E-state index >= 15 is 0 Å². The number of ether oxygens (including phenoxy) is 1. The lowest BCUT2D eigenvalue weighted by molar-refractivity contribution is -0.124. The smallest absolute Gasteiger partial charge is 0.237 e. The standard InChI is InChI=1S/C17H21ClN4O3/c18-13-3-1-2-12(10-13)16-21-14(25-22-16)4-7-20-17(23)15(19)11-5-8-24-9-6-11/h1-3,10-11,15H,4-9,19H2,(H,20,23). The summed E-state index contributed by atoms with van der Waals surface area (Å²) in [5.41, 5.74) is 6.82. The first-order valence-corrected chi connectivity index (χ1v) is 8.71.